The molecule has 0 saturated heterocycles. The van der Waals surface area contributed by atoms with Crippen LogP contribution in [0.2, 0.25) is 0 Å². The molecule has 2 saturated carbocycles. The maximum atomic E-state index is 3.98. The van der Waals surface area contributed by atoms with Gasteiger partial charge >= 0.3 is 0 Å². The van der Waals surface area contributed by atoms with Crippen molar-refractivity contribution in [3.63, 3.8) is 0 Å². The molecule has 0 aromatic carbocycles. The first-order chi connectivity index (χ1) is 10.7. The average Bonchev–Trinajstić information content (AvgIpc) is 3.17. The highest BCUT2D eigenvalue weighted by Gasteiger charge is 2.34. The van der Waals surface area contributed by atoms with Gasteiger partial charge in [-0.1, -0.05) is 52.0 Å². The van der Waals surface area contributed by atoms with E-state index < -0.39 is 0 Å². The van der Waals surface area contributed by atoms with Crippen LogP contribution in [0.4, 0.5) is 0 Å². The van der Waals surface area contributed by atoms with Gasteiger partial charge in [0, 0.05) is 29.2 Å². The van der Waals surface area contributed by atoms with Gasteiger partial charge in [-0.3, -0.25) is 0 Å². The van der Waals surface area contributed by atoms with Gasteiger partial charge in [0.2, 0.25) is 0 Å². The Balaban J connectivity index is 1.69. The third kappa shape index (κ3) is 3.76. The highest BCUT2D eigenvalue weighted by molar-refractivity contribution is 5.30. The molecular formula is C20H34N2. The summed E-state index contributed by atoms with van der Waals surface area (Å²) in [6.45, 7) is 4.74. The van der Waals surface area contributed by atoms with E-state index in [9.17, 15) is 0 Å². The molecule has 0 spiro atoms. The van der Waals surface area contributed by atoms with Crippen LogP contribution in [0.5, 0.6) is 0 Å². The summed E-state index contributed by atoms with van der Waals surface area (Å²) in [5.41, 5.74) is 1.63. The van der Waals surface area contributed by atoms with E-state index in [4.69, 9.17) is 0 Å². The second-order valence-corrected chi connectivity index (χ2v) is 7.96. The zero-order valence-corrected chi connectivity index (χ0v) is 14.5. The Bertz CT molecular complexity index is 413. The summed E-state index contributed by atoms with van der Waals surface area (Å²) in [6, 6.07) is 1.93. The summed E-state index contributed by atoms with van der Waals surface area (Å²) in [5, 5.41) is 7.77. The van der Waals surface area contributed by atoms with E-state index in [1.54, 1.807) is 0 Å². The molecule has 0 aliphatic heterocycles. The molecule has 0 amide bonds. The number of rotatable bonds is 6. The molecule has 22 heavy (non-hydrogen) atoms. The molecule has 3 aliphatic rings. The SMILES string of the molecule is CCCC1(C)C=CC(NC2CCCC2)=CC1NC1CCCC1. The molecule has 2 N–H and O–H groups in total. The summed E-state index contributed by atoms with van der Waals surface area (Å²) in [6.07, 6.45) is 20.8. The molecule has 2 nitrogen and oxygen atoms in total. The molecule has 3 rings (SSSR count). The van der Waals surface area contributed by atoms with Crippen molar-refractivity contribution in [2.24, 2.45) is 5.41 Å². The molecule has 3 aliphatic carbocycles. The zero-order chi connectivity index (χ0) is 15.4. The lowest BCUT2D eigenvalue weighted by atomic mass is 9.75. The Morgan fingerprint density at radius 3 is 2.32 bits per heavy atom. The van der Waals surface area contributed by atoms with Crippen LogP contribution >= 0.6 is 0 Å². The van der Waals surface area contributed by atoms with Crippen molar-refractivity contribution in [3.8, 4) is 0 Å². The Labute approximate surface area is 136 Å². The summed E-state index contributed by atoms with van der Waals surface area (Å²) in [7, 11) is 0. The minimum Gasteiger partial charge on any atom is -0.383 e. The van der Waals surface area contributed by atoms with Crippen LogP contribution in [0.3, 0.4) is 0 Å². The lowest BCUT2D eigenvalue weighted by Gasteiger charge is -2.39. The lowest BCUT2D eigenvalue weighted by Crippen LogP contribution is -2.47. The second-order valence-electron chi connectivity index (χ2n) is 7.96. The molecule has 124 valence electrons. The van der Waals surface area contributed by atoms with Crippen LogP contribution in [-0.2, 0) is 0 Å². The lowest BCUT2D eigenvalue weighted by molar-refractivity contribution is 0.273. The predicted molar refractivity (Wildman–Crippen MR) is 94.8 cm³/mol. The van der Waals surface area contributed by atoms with Gasteiger partial charge in [0.25, 0.3) is 0 Å². The van der Waals surface area contributed by atoms with Gasteiger partial charge in [-0.05, 0) is 44.3 Å². The fourth-order valence-corrected chi connectivity index (χ4v) is 4.57. The molecule has 0 aromatic rings. The molecule has 0 aromatic heterocycles. The van der Waals surface area contributed by atoms with E-state index in [-0.39, 0.29) is 5.41 Å². The summed E-state index contributed by atoms with van der Waals surface area (Å²) >= 11 is 0. The smallest absolute Gasteiger partial charge is 0.0364 e. The molecule has 2 atom stereocenters. The Hall–Kier alpha value is -0.760. The summed E-state index contributed by atoms with van der Waals surface area (Å²) in [4.78, 5) is 0. The number of nitrogens with one attached hydrogen (secondary N) is 2. The second kappa shape index (κ2) is 7.21. The quantitative estimate of drug-likeness (QED) is 0.744. The Kier molecular flexibility index (Phi) is 5.28. The van der Waals surface area contributed by atoms with E-state index in [0.29, 0.717) is 12.1 Å². The zero-order valence-electron chi connectivity index (χ0n) is 14.5. The highest BCUT2D eigenvalue weighted by atomic mass is 15.0. The fraction of sp³-hybridized carbons (Fsp3) is 0.800. The first kappa shape index (κ1) is 16.1. The van der Waals surface area contributed by atoms with Crippen molar-refractivity contribution >= 4 is 0 Å². The van der Waals surface area contributed by atoms with Gasteiger partial charge in [0.05, 0.1) is 0 Å². The van der Waals surface area contributed by atoms with Crippen molar-refractivity contribution in [2.75, 3.05) is 0 Å². The van der Waals surface area contributed by atoms with Gasteiger partial charge in [-0.15, -0.1) is 0 Å². The molecule has 0 bridgehead atoms. The van der Waals surface area contributed by atoms with Gasteiger partial charge in [-0.2, -0.15) is 0 Å². The average molecular weight is 303 g/mol. The van der Waals surface area contributed by atoms with Crippen molar-refractivity contribution < 1.29 is 0 Å². The third-order valence-corrected chi connectivity index (χ3v) is 5.99. The van der Waals surface area contributed by atoms with Gasteiger partial charge in [0.15, 0.2) is 0 Å². The van der Waals surface area contributed by atoms with Crippen LogP contribution in [0.25, 0.3) is 0 Å². The first-order valence-corrected chi connectivity index (χ1v) is 9.63. The topological polar surface area (TPSA) is 24.1 Å². The third-order valence-electron chi connectivity index (χ3n) is 5.99. The Morgan fingerprint density at radius 2 is 1.68 bits per heavy atom. The monoisotopic (exact) mass is 302 g/mol. The van der Waals surface area contributed by atoms with E-state index in [2.05, 4.69) is 42.7 Å². The maximum Gasteiger partial charge on any atom is 0.0364 e. The van der Waals surface area contributed by atoms with Gasteiger partial charge in [-0.25, -0.2) is 0 Å². The number of hydrogen-bond donors (Lipinski definition) is 2. The van der Waals surface area contributed by atoms with Crippen LogP contribution in [0, 0.1) is 5.41 Å². The minimum absolute atomic E-state index is 0.276. The van der Waals surface area contributed by atoms with Crippen molar-refractivity contribution in [1.29, 1.82) is 0 Å². The van der Waals surface area contributed by atoms with E-state index >= 15 is 0 Å². The Morgan fingerprint density at radius 1 is 1.05 bits per heavy atom. The molecule has 2 unspecified atom stereocenters. The maximum absolute atomic E-state index is 3.98. The van der Waals surface area contributed by atoms with Crippen LogP contribution in [-0.4, -0.2) is 18.1 Å². The molecule has 2 fully saturated rings. The number of hydrogen-bond acceptors (Lipinski definition) is 2. The van der Waals surface area contributed by atoms with E-state index in [1.165, 1.54) is 69.9 Å². The summed E-state index contributed by atoms with van der Waals surface area (Å²) in [5.74, 6) is 0. The van der Waals surface area contributed by atoms with E-state index in [0.717, 1.165) is 6.04 Å². The largest absolute Gasteiger partial charge is 0.383 e. The van der Waals surface area contributed by atoms with Crippen LogP contribution < -0.4 is 10.6 Å². The predicted octanol–water partition coefficient (Wildman–Crippen LogP) is 4.68. The minimum atomic E-state index is 0.276. The van der Waals surface area contributed by atoms with Crippen LogP contribution in [0.15, 0.2) is 23.9 Å². The molecule has 0 radical (unpaired) electrons. The fourth-order valence-electron chi connectivity index (χ4n) is 4.57. The van der Waals surface area contributed by atoms with Crippen molar-refractivity contribution in [3.05, 3.63) is 23.9 Å². The standard InChI is InChI=1S/C20H34N2/c1-3-13-20(2)14-12-18(21-16-8-4-5-9-16)15-19(20)22-17-10-6-7-11-17/h12,14-17,19,21-22H,3-11,13H2,1-2H3. The van der Waals surface area contributed by atoms with Crippen molar-refractivity contribution in [2.45, 2.75) is 96.2 Å². The molecule has 2 heteroatoms. The van der Waals surface area contributed by atoms with Crippen molar-refractivity contribution in [1.82, 2.24) is 10.6 Å². The number of allylic oxidation sites excluding steroid dienone is 1. The van der Waals surface area contributed by atoms with Gasteiger partial charge in [0.1, 0.15) is 0 Å². The normalized spacial score (nSPS) is 33.4. The first-order valence-electron chi connectivity index (χ1n) is 9.63. The van der Waals surface area contributed by atoms with E-state index in [1.807, 2.05) is 0 Å². The highest BCUT2D eigenvalue weighted by Crippen LogP contribution is 2.36. The van der Waals surface area contributed by atoms with Gasteiger partial charge < -0.3 is 10.6 Å². The van der Waals surface area contributed by atoms with Crippen LogP contribution in [0.1, 0.15) is 78.1 Å². The molecule has 0 heterocycles. The summed E-state index contributed by atoms with van der Waals surface area (Å²) < 4.78 is 0. The molecular weight excluding hydrogens is 268 g/mol.